The molecule has 0 saturated carbocycles. The average Bonchev–Trinajstić information content (AvgIpc) is 3.11. The quantitative estimate of drug-likeness (QED) is 0.0542. The fraction of sp³-hybridized carbons (Fsp3) is 0.235. The zero-order valence-corrected chi connectivity index (χ0v) is 29.5. The minimum atomic E-state index is -0.539. The molecule has 0 heterocycles. The molecule has 16 nitrogen and oxygen atoms in total. The van der Waals surface area contributed by atoms with Crippen molar-refractivity contribution in [3.05, 3.63) is 107 Å². The van der Waals surface area contributed by atoms with Gasteiger partial charge >= 0.3 is 0 Å². The summed E-state index contributed by atoms with van der Waals surface area (Å²) in [6, 6.07) is 17.9. The predicted octanol–water partition coefficient (Wildman–Crippen LogP) is 9.46. The minimum Gasteiger partial charge on any atom is -0.664 e. The van der Waals surface area contributed by atoms with Gasteiger partial charge in [-0.05, 0) is 64.1 Å². The summed E-state index contributed by atoms with van der Waals surface area (Å²) in [5, 5.41) is 57.9. The summed E-state index contributed by atoms with van der Waals surface area (Å²) in [7, 11) is 6.57. The number of non-ortho nitro benzene ring substituents is 2. The van der Waals surface area contributed by atoms with Gasteiger partial charge in [0.05, 0.1) is 9.85 Å². The molecule has 0 bridgehead atoms. The largest absolute Gasteiger partial charge is 0.664 e. The summed E-state index contributed by atoms with van der Waals surface area (Å²) < 4.78 is 9.77. The minimum absolute atomic E-state index is 0. The monoisotopic (exact) mass is 745 g/mol. The van der Waals surface area contributed by atoms with Gasteiger partial charge in [-0.3, -0.25) is 20.2 Å². The normalized spacial score (nSPS) is 10.6. The molecule has 0 aliphatic rings. The van der Waals surface area contributed by atoms with E-state index in [4.69, 9.17) is 9.47 Å². The zero-order valence-electron chi connectivity index (χ0n) is 28.4. The Labute approximate surface area is 305 Å². The number of rotatable bonds is 14. The number of nitro benzene ring substituents is 2. The number of ether oxygens (including phenoxy) is 2. The second-order valence-electron chi connectivity index (χ2n) is 10.2. The first-order valence-corrected chi connectivity index (χ1v) is 15.4. The number of anilines is 2. The van der Waals surface area contributed by atoms with Crippen LogP contribution in [-0.2, 0) is 16.8 Å². The molecule has 273 valence electrons. The number of phenols is 2. The van der Waals surface area contributed by atoms with Crippen molar-refractivity contribution < 1.29 is 46.3 Å². The molecule has 0 saturated heterocycles. The Morgan fingerprint density at radius 3 is 1.20 bits per heavy atom. The van der Waals surface area contributed by atoms with Crippen LogP contribution in [-0.4, -0.2) is 46.2 Å². The van der Waals surface area contributed by atoms with Gasteiger partial charge in [0.2, 0.25) is 0 Å². The maximum Gasteiger partial charge on any atom is 0.271 e. The van der Waals surface area contributed by atoms with Gasteiger partial charge in [-0.15, -0.1) is 20.5 Å². The summed E-state index contributed by atoms with van der Waals surface area (Å²) in [6.07, 6.45) is 0. The van der Waals surface area contributed by atoms with Crippen molar-refractivity contribution in [2.75, 3.05) is 36.0 Å². The molecule has 0 unspecified atom stereocenters. The molecule has 4 aromatic carbocycles. The van der Waals surface area contributed by atoms with Crippen LogP contribution in [0.25, 0.3) is 0 Å². The second-order valence-corrected chi connectivity index (χ2v) is 10.2. The van der Waals surface area contributed by atoms with E-state index >= 15 is 0 Å². The number of hydrogen-bond donors (Lipinski definition) is 2. The van der Waals surface area contributed by atoms with Gasteiger partial charge in [0.25, 0.3) is 11.4 Å². The topological polar surface area (TPSA) is 201 Å². The molecule has 0 atom stereocenters. The van der Waals surface area contributed by atoms with Crippen molar-refractivity contribution in [2.45, 2.75) is 27.7 Å². The third kappa shape index (κ3) is 11.1. The Morgan fingerprint density at radius 1 is 0.588 bits per heavy atom. The molecule has 0 fully saturated rings. The molecular formula is C34H38CoN8O8-2. The third-order valence-electron chi connectivity index (χ3n) is 7.32. The Balaban J connectivity index is 0.000000347. The van der Waals surface area contributed by atoms with Crippen molar-refractivity contribution in [3.8, 4) is 23.0 Å². The first-order valence-electron chi connectivity index (χ1n) is 15.4. The van der Waals surface area contributed by atoms with E-state index in [1.807, 2.05) is 39.8 Å². The molecule has 0 aromatic heterocycles. The fourth-order valence-corrected chi connectivity index (χ4v) is 4.62. The number of nitro groups is 2. The molecule has 0 aliphatic heterocycles. The number of benzene rings is 4. The summed E-state index contributed by atoms with van der Waals surface area (Å²) in [6.45, 7) is 11.4. The second kappa shape index (κ2) is 20.0. The van der Waals surface area contributed by atoms with Gasteiger partial charge in [-0.1, -0.05) is 0 Å². The number of aromatic hydroxyl groups is 2. The average molecular weight is 746 g/mol. The Kier molecular flexibility index (Phi) is 16.2. The van der Waals surface area contributed by atoms with E-state index in [2.05, 4.69) is 44.5 Å². The van der Waals surface area contributed by atoms with Gasteiger partial charge in [0.15, 0.2) is 0 Å². The van der Waals surface area contributed by atoms with Gasteiger partial charge in [0, 0.05) is 90.7 Å². The zero-order chi connectivity index (χ0) is 36.8. The molecule has 17 heteroatoms. The molecule has 51 heavy (non-hydrogen) atoms. The number of hydrogen-bond acceptors (Lipinski definition) is 14. The number of nitrogens with zero attached hydrogens (tertiary/aromatic N) is 8. The number of azo groups is 2. The molecule has 4 aromatic rings. The van der Waals surface area contributed by atoms with Crippen molar-refractivity contribution in [1.82, 2.24) is 0 Å². The SMILES string of the molecule is [CH2-]Oc1ccc([N+](=O)[O-])cc1N=Nc1ccc(N(CC)CC)cc1O.[CH2-]Oc1ccc([N+](=O)[O-])cc1N=Nc1ccc(N(CC)CC)cc1O.[Co]. The maximum atomic E-state index is 10.9. The van der Waals surface area contributed by atoms with E-state index in [-0.39, 0.29) is 73.9 Å². The summed E-state index contributed by atoms with van der Waals surface area (Å²) in [5.41, 5.74) is 2.26. The Bertz CT molecular complexity index is 1720. The van der Waals surface area contributed by atoms with Crippen LogP contribution in [0, 0.1) is 34.4 Å². The van der Waals surface area contributed by atoms with Crippen LogP contribution in [0.2, 0.25) is 0 Å². The molecule has 2 N–H and O–H groups in total. The molecule has 0 aliphatic carbocycles. The van der Waals surface area contributed by atoms with Gasteiger partial charge < -0.3 is 29.5 Å². The van der Waals surface area contributed by atoms with E-state index in [9.17, 15) is 30.4 Å². The summed E-state index contributed by atoms with van der Waals surface area (Å²) >= 11 is 0. The van der Waals surface area contributed by atoms with E-state index in [0.717, 1.165) is 37.6 Å². The molecule has 4 rings (SSSR count). The fourth-order valence-electron chi connectivity index (χ4n) is 4.62. The van der Waals surface area contributed by atoms with Crippen LogP contribution in [0.3, 0.4) is 0 Å². The first-order chi connectivity index (χ1) is 24.0. The van der Waals surface area contributed by atoms with Crippen LogP contribution in [0.4, 0.5) is 45.5 Å². The molecule has 1 radical (unpaired) electrons. The number of phenolic OH excluding ortho intramolecular Hbond substituents is 2. The van der Waals surface area contributed by atoms with E-state index < -0.39 is 9.85 Å². The molecule has 0 spiro atoms. The van der Waals surface area contributed by atoms with Gasteiger partial charge in [0.1, 0.15) is 45.7 Å². The van der Waals surface area contributed by atoms with Gasteiger partial charge in [-0.25, -0.2) is 0 Å². The van der Waals surface area contributed by atoms with E-state index in [1.54, 1.807) is 24.3 Å². The van der Waals surface area contributed by atoms with E-state index in [0.29, 0.717) is 0 Å². The van der Waals surface area contributed by atoms with Crippen molar-refractivity contribution >= 4 is 45.5 Å². The van der Waals surface area contributed by atoms with Gasteiger partial charge in [-0.2, -0.15) is 14.2 Å². The maximum absolute atomic E-state index is 10.9. The van der Waals surface area contributed by atoms with Crippen molar-refractivity contribution in [2.24, 2.45) is 20.5 Å². The summed E-state index contributed by atoms with van der Waals surface area (Å²) in [5.74, 6) is 0.425. The summed E-state index contributed by atoms with van der Waals surface area (Å²) in [4.78, 5) is 24.8. The van der Waals surface area contributed by atoms with Crippen LogP contribution < -0.4 is 19.3 Å². The van der Waals surface area contributed by atoms with Crippen molar-refractivity contribution in [1.29, 1.82) is 0 Å². The predicted molar refractivity (Wildman–Crippen MR) is 190 cm³/mol. The Morgan fingerprint density at radius 2 is 0.922 bits per heavy atom. The van der Waals surface area contributed by atoms with Crippen LogP contribution in [0.15, 0.2) is 93.3 Å². The standard InChI is InChI=1S/2C17H19N4O4.Co/c2*1-4-20(5-2)12-6-8-14(16(22)11-12)18-19-15-10-13(21(23)24)7-9-17(15)25-3;/h2*6-11,22H,3-5H2,1-2H3;/q2*-1;. The van der Waals surface area contributed by atoms with Crippen LogP contribution >= 0.6 is 0 Å². The molecular weight excluding hydrogens is 707 g/mol. The van der Waals surface area contributed by atoms with Crippen molar-refractivity contribution in [3.63, 3.8) is 0 Å². The first kappa shape index (κ1) is 41.4. The van der Waals surface area contributed by atoms with Crippen LogP contribution in [0.5, 0.6) is 23.0 Å². The van der Waals surface area contributed by atoms with E-state index in [1.165, 1.54) is 36.4 Å². The Hall–Kier alpha value is -5.81. The molecule has 0 amide bonds. The third-order valence-corrected chi connectivity index (χ3v) is 7.32. The smallest absolute Gasteiger partial charge is 0.271 e. The van der Waals surface area contributed by atoms with Crippen LogP contribution in [0.1, 0.15) is 27.7 Å².